The van der Waals surface area contributed by atoms with Crippen LogP contribution in [0.5, 0.6) is 0 Å². The standard InChI is InChI=1S/C15H28N2O2/c1-13(14-6-10-19-11-7-14)16-12-15(18)17-8-4-2-3-5-9-17/h13-14,16H,2-12H2,1H3/t13-/m0/s1. The molecule has 1 atom stereocenters. The average molecular weight is 268 g/mol. The molecule has 4 heteroatoms. The van der Waals surface area contributed by atoms with E-state index in [0.29, 0.717) is 18.5 Å². The van der Waals surface area contributed by atoms with E-state index >= 15 is 0 Å². The summed E-state index contributed by atoms with van der Waals surface area (Å²) in [6.07, 6.45) is 7.12. The molecule has 2 aliphatic heterocycles. The van der Waals surface area contributed by atoms with Gasteiger partial charge >= 0.3 is 0 Å². The van der Waals surface area contributed by atoms with Crippen molar-refractivity contribution in [2.24, 2.45) is 5.92 Å². The van der Waals surface area contributed by atoms with Crippen LogP contribution in [-0.4, -0.2) is 49.7 Å². The minimum absolute atomic E-state index is 0.279. The Morgan fingerprint density at radius 2 is 1.84 bits per heavy atom. The second kappa shape index (κ2) is 7.85. The summed E-state index contributed by atoms with van der Waals surface area (Å²) in [6.45, 7) is 6.34. The average Bonchev–Trinajstić information content (AvgIpc) is 2.74. The fourth-order valence-electron chi connectivity index (χ4n) is 3.06. The summed E-state index contributed by atoms with van der Waals surface area (Å²) in [6, 6.07) is 0.417. The normalized spacial score (nSPS) is 23.9. The largest absolute Gasteiger partial charge is 0.381 e. The Bertz CT molecular complexity index is 269. The molecule has 1 amide bonds. The molecular formula is C15H28N2O2. The molecule has 2 rings (SSSR count). The van der Waals surface area contributed by atoms with Gasteiger partial charge in [-0.1, -0.05) is 12.8 Å². The molecular weight excluding hydrogens is 240 g/mol. The van der Waals surface area contributed by atoms with Crippen molar-refractivity contribution < 1.29 is 9.53 Å². The maximum atomic E-state index is 12.2. The Kier molecular flexibility index (Phi) is 6.11. The van der Waals surface area contributed by atoms with Gasteiger partial charge in [0.25, 0.3) is 0 Å². The molecule has 0 unspecified atom stereocenters. The first-order valence-electron chi connectivity index (χ1n) is 7.86. The van der Waals surface area contributed by atoms with E-state index < -0.39 is 0 Å². The maximum absolute atomic E-state index is 12.2. The number of likely N-dealkylation sites (tertiary alicyclic amines) is 1. The summed E-state index contributed by atoms with van der Waals surface area (Å²) in [7, 11) is 0. The van der Waals surface area contributed by atoms with Gasteiger partial charge in [0.2, 0.25) is 5.91 Å². The highest BCUT2D eigenvalue weighted by Crippen LogP contribution is 2.18. The van der Waals surface area contributed by atoms with Crippen LogP contribution in [0, 0.1) is 5.92 Å². The number of carbonyl (C=O) groups excluding carboxylic acids is 1. The fourth-order valence-corrected chi connectivity index (χ4v) is 3.06. The monoisotopic (exact) mass is 268 g/mol. The highest BCUT2D eigenvalue weighted by Gasteiger charge is 2.22. The highest BCUT2D eigenvalue weighted by molar-refractivity contribution is 5.78. The second-order valence-electron chi connectivity index (χ2n) is 5.91. The number of ether oxygens (including phenoxy) is 1. The van der Waals surface area contributed by atoms with Gasteiger partial charge in [0.05, 0.1) is 6.54 Å². The zero-order chi connectivity index (χ0) is 13.5. The minimum Gasteiger partial charge on any atom is -0.381 e. The molecule has 0 aliphatic carbocycles. The second-order valence-corrected chi connectivity index (χ2v) is 5.91. The van der Waals surface area contributed by atoms with Gasteiger partial charge in [-0.15, -0.1) is 0 Å². The number of nitrogens with zero attached hydrogens (tertiary/aromatic N) is 1. The third-order valence-corrected chi connectivity index (χ3v) is 4.51. The van der Waals surface area contributed by atoms with Gasteiger partial charge in [-0.3, -0.25) is 4.79 Å². The number of hydrogen-bond donors (Lipinski definition) is 1. The smallest absolute Gasteiger partial charge is 0.236 e. The van der Waals surface area contributed by atoms with Gasteiger partial charge in [-0.2, -0.15) is 0 Å². The molecule has 0 bridgehead atoms. The maximum Gasteiger partial charge on any atom is 0.236 e. The molecule has 2 saturated heterocycles. The molecule has 2 heterocycles. The molecule has 19 heavy (non-hydrogen) atoms. The summed E-state index contributed by atoms with van der Waals surface area (Å²) < 4.78 is 5.38. The minimum atomic E-state index is 0.279. The van der Waals surface area contributed by atoms with Crippen LogP contribution in [-0.2, 0) is 9.53 Å². The molecule has 2 aliphatic rings. The zero-order valence-corrected chi connectivity index (χ0v) is 12.2. The van der Waals surface area contributed by atoms with Crippen LogP contribution in [0.4, 0.5) is 0 Å². The Morgan fingerprint density at radius 3 is 2.47 bits per heavy atom. The first kappa shape index (κ1) is 14.8. The summed E-state index contributed by atoms with van der Waals surface area (Å²) in [4.78, 5) is 14.2. The van der Waals surface area contributed by atoms with E-state index in [1.807, 2.05) is 4.90 Å². The van der Waals surface area contributed by atoms with Crippen LogP contribution in [0.15, 0.2) is 0 Å². The first-order chi connectivity index (χ1) is 9.27. The molecule has 2 fully saturated rings. The fraction of sp³-hybridized carbons (Fsp3) is 0.933. The molecule has 110 valence electrons. The lowest BCUT2D eigenvalue weighted by atomic mass is 9.93. The summed E-state index contributed by atoms with van der Waals surface area (Å²) in [5.41, 5.74) is 0. The molecule has 0 saturated carbocycles. The zero-order valence-electron chi connectivity index (χ0n) is 12.2. The summed E-state index contributed by atoms with van der Waals surface area (Å²) in [5.74, 6) is 0.937. The van der Waals surface area contributed by atoms with E-state index in [4.69, 9.17) is 4.74 Å². The first-order valence-corrected chi connectivity index (χ1v) is 7.86. The topological polar surface area (TPSA) is 41.6 Å². The van der Waals surface area contributed by atoms with Gasteiger partial charge in [0.1, 0.15) is 0 Å². The van der Waals surface area contributed by atoms with Crippen molar-refractivity contribution in [2.75, 3.05) is 32.8 Å². The van der Waals surface area contributed by atoms with E-state index in [1.165, 1.54) is 25.7 Å². The van der Waals surface area contributed by atoms with Crippen LogP contribution < -0.4 is 5.32 Å². The lowest BCUT2D eigenvalue weighted by Gasteiger charge is -2.29. The summed E-state index contributed by atoms with van der Waals surface area (Å²) >= 11 is 0. The van der Waals surface area contributed by atoms with Crippen molar-refractivity contribution in [3.05, 3.63) is 0 Å². The van der Waals surface area contributed by atoms with Gasteiger partial charge < -0.3 is 15.0 Å². The third-order valence-electron chi connectivity index (χ3n) is 4.51. The Labute approximate surface area is 116 Å². The Morgan fingerprint density at radius 1 is 1.21 bits per heavy atom. The molecule has 1 N–H and O–H groups in total. The van der Waals surface area contributed by atoms with Crippen molar-refractivity contribution in [1.29, 1.82) is 0 Å². The van der Waals surface area contributed by atoms with Crippen LogP contribution >= 0.6 is 0 Å². The molecule has 0 aromatic carbocycles. The van der Waals surface area contributed by atoms with Gasteiger partial charge in [0.15, 0.2) is 0 Å². The van der Waals surface area contributed by atoms with E-state index in [-0.39, 0.29) is 5.91 Å². The summed E-state index contributed by atoms with van der Waals surface area (Å²) in [5, 5.41) is 3.42. The van der Waals surface area contributed by atoms with E-state index in [0.717, 1.165) is 39.1 Å². The number of rotatable bonds is 4. The van der Waals surface area contributed by atoms with E-state index in [1.54, 1.807) is 0 Å². The molecule has 4 nitrogen and oxygen atoms in total. The highest BCUT2D eigenvalue weighted by atomic mass is 16.5. The van der Waals surface area contributed by atoms with Gasteiger partial charge in [0, 0.05) is 32.3 Å². The van der Waals surface area contributed by atoms with Crippen LogP contribution in [0.2, 0.25) is 0 Å². The van der Waals surface area contributed by atoms with Crippen molar-refractivity contribution >= 4 is 5.91 Å². The number of nitrogens with one attached hydrogen (secondary N) is 1. The van der Waals surface area contributed by atoms with Crippen LogP contribution in [0.25, 0.3) is 0 Å². The number of hydrogen-bond acceptors (Lipinski definition) is 3. The quantitative estimate of drug-likeness (QED) is 0.845. The Balaban J connectivity index is 1.69. The predicted octanol–water partition coefficient (Wildman–Crippen LogP) is 1.79. The lowest BCUT2D eigenvalue weighted by Crippen LogP contribution is -2.44. The third kappa shape index (κ3) is 4.77. The molecule has 0 aromatic rings. The van der Waals surface area contributed by atoms with Crippen LogP contribution in [0.1, 0.15) is 45.4 Å². The van der Waals surface area contributed by atoms with Crippen molar-refractivity contribution in [3.63, 3.8) is 0 Å². The van der Waals surface area contributed by atoms with Crippen molar-refractivity contribution in [2.45, 2.75) is 51.5 Å². The SMILES string of the molecule is C[C@H](NCC(=O)N1CCCCCC1)C1CCOCC1. The predicted molar refractivity (Wildman–Crippen MR) is 76.1 cm³/mol. The lowest BCUT2D eigenvalue weighted by molar-refractivity contribution is -0.130. The number of carbonyl (C=O) groups is 1. The van der Waals surface area contributed by atoms with E-state index in [2.05, 4.69) is 12.2 Å². The van der Waals surface area contributed by atoms with Crippen molar-refractivity contribution in [1.82, 2.24) is 10.2 Å². The van der Waals surface area contributed by atoms with Crippen molar-refractivity contribution in [3.8, 4) is 0 Å². The van der Waals surface area contributed by atoms with E-state index in [9.17, 15) is 4.79 Å². The number of amides is 1. The Hall–Kier alpha value is -0.610. The van der Waals surface area contributed by atoms with Gasteiger partial charge in [-0.05, 0) is 38.5 Å². The molecule has 0 spiro atoms. The molecule has 0 radical (unpaired) electrons. The van der Waals surface area contributed by atoms with Crippen LogP contribution in [0.3, 0.4) is 0 Å². The van der Waals surface area contributed by atoms with Gasteiger partial charge in [-0.25, -0.2) is 0 Å². The molecule has 0 aromatic heterocycles.